The smallest absolute Gasteiger partial charge is 0.256 e. The predicted molar refractivity (Wildman–Crippen MR) is 93.8 cm³/mol. The van der Waals surface area contributed by atoms with Gasteiger partial charge in [-0.15, -0.1) is 0 Å². The quantitative estimate of drug-likeness (QED) is 0.877. The molecule has 1 aromatic carbocycles. The standard InChI is InChI=1S/C17H19ClN4O4/c1-10(2)16(23)20-11-3-4-13(18)12(7-11)17(24)22-5-6-25-8-14(22)15-19-9-26-21-15/h3-4,7,9-10,14H,5-6,8H2,1-2H3,(H,20,23)/t14-/m0/s1. The van der Waals surface area contributed by atoms with E-state index in [4.69, 9.17) is 20.9 Å². The number of carbonyl (C=O) groups is 2. The summed E-state index contributed by atoms with van der Waals surface area (Å²) in [5.41, 5.74) is 0.810. The Labute approximate surface area is 155 Å². The van der Waals surface area contributed by atoms with Gasteiger partial charge in [-0.3, -0.25) is 9.59 Å². The van der Waals surface area contributed by atoms with Crippen LogP contribution in [0.5, 0.6) is 0 Å². The number of hydrogen-bond acceptors (Lipinski definition) is 6. The van der Waals surface area contributed by atoms with Crippen molar-refractivity contribution in [1.82, 2.24) is 15.0 Å². The fraction of sp³-hybridized carbons (Fsp3) is 0.412. The summed E-state index contributed by atoms with van der Waals surface area (Å²) in [6.07, 6.45) is 1.21. The van der Waals surface area contributed by atoms with Crippen molar-refractivity contribution < 1.29 is 18.8 Å². The highest BCUT2D eigenvalue weighted by molar-refractivity contribution is 6.34. The van der Waals surface area contributed by atoms with Crippen molar-refractivity contribution in [2.45, 2.75) is 19.9 Å². The number of amides is 2. The fourth-order valence-corrected chi connectivity index (χ4v) is 2.79. The third kappa shape index (κ3) is 3.86. The second-order valence-electron chi connectivity index (χ2n) is 6.22. The lowest BCUT2D eigenvalue weighted by Gasteiger charge is -2.34. The lowest BCUT2D eigenvalue weighted by Crippen LogP contribution is -2.44. The van der Waals surface area contributed by atoms with Crippen molar-refractivity contribution in [2.75, 3.05) is 25.1 Å². The number of hydrogen-bond donors (Lipinski definition) is 1. The fourth-order valence-electron chi connectivity index (χ4n) is 2.59. The highest BCUT2D eigenvalue weighted by Crippen LogP contribution is 2.28. The SMILES string of the molecule is CC(C)C(=O)Nc1ccc(Cl)c(C(=O)N2CCOC[C@H]2c2ncon2)c1. The molecule has 1 aliphatic heterocycles. The predicted octanol–water partition coefficient (Wildman–Crippen LogP) is 2.53. The first kappa shape index (κ1) is 18.3. The molecular weight excluding hydrogens is 360 g/mol. The number of aromatic nitrogens is 2. The monoisotopic (exact) mass is 378 g/mol. The highest BCUT2D eigenvalue weighted by Gasteiger charge is 2.33. The number of rotatable bonds is 4. The minimum atomic E-state index is -0.458. The largest absolute Gasteiger partial charge is 0.377 e. The van der Waals surface area contributed by atoms with Gasteiger partial charge in [0.25, 0.3) is 5.91 Å². The van der Waals surface area contributed by atoms with Crippen LogP contribution in [0.3, 0.4) is 0 Å². The summed E-state index contributed by atoms with van der Waals surface area (Å²) in [7, 11) is 0. The Hall–Kier alpha value is -2.45. The Morgan fingerprint density at radius 3 is 2.88 bits per heavy atom. The maximum atomic E-state index is 13.1. The average molecular weight is 379 g/mol. The van der Waals surface area contributed by atoms with E-state index in [0.717, 1.165) is 0 Å². The molecule has 2 amide bonds. The number of halogens is 1. The first-order chi connectivity index (χ1) is 12.5. The molecule has 1 atom stereocenters. The van der Waals surface area contributed by atoms with Crippen molar-refractivity contribution >= 4 is 29.1 Å². The molecule has 9 heteroatoms. The molecule has 26 heavy (non-hydrogen) atoms. The number of morpholine rings is 1. The summed E-state index contributed by atoms with van der Waals surface area (Å²) >= 11 is 6.24. The zero-order valence-electron chi connectivity index (χ0n) is 14.4. The molecule has 0 bridgehead atoms. The first-order valence-electron chi connectivity index (χ1n) is 8.22. The van der Waals surface area contributed by atoms with Gasteiger partial charge < -0.3 is 19.5 Å². The van der Waals surface area contributed by atoms with E-state index in [1.54, 1.807) is 36.9 Å². The molecule has 1 fully saturated rings. The van der Waals surface area contributed by atoms with E-state index in [0.29, 0.717) is 35.2 Å². The van der Waals surface area contributed by atoms with E-state index in [1.807, 2.05) is 0 Å². The molecule has 3 rings (SSSR count). The van der Waals surface area contributed by atoms with Crippen molar-refractivity contribution in [3.63, 3.8) is 0 Å². The van der Waals surface area contributed by atoms with E-state index in [9.17, 15) is 9.59 Å². The van der Waals surface area contributed by atoms with E-state index >= 15 is 0 Å². The van der Waals surface area contributed by atoms with Crippen LogP contribution < -0.4 is 5.32 Å². The van der Waals surface area contributed by atoms with Crippen LogP contribution in [0, 0.1) is 5.92 Å². The van der Waals surface area contributed by atoms with Gasteiger partial charge in [-0.05, 0) is 18.2 Å². The summed E-state index contributed by atoms with van der Waals surface area (Å²) in [6, 6.07) is 4.37. The topological polar surface area (TPSA) is 97.6 Å². The van der Waals surface area contributed by atoms with Gasteiger partial charge in [-0.25, -0.2) is 0 Å². The molecule has 138 valence electrons. The van der Waals surface area contributed by atoms with E-state index in [1.165, 1.54) is 6.39 Å². The van der Waals surface area contributed by atoms with E-state index in [2.05, 4.69) is 15.5 Å². The highest BCUT2D eigenvalue weighted by atomic mass is 35.5. The third-order valence-corrected chi connectivity index (χ3v) is 4.38. The first-order valence-corrected chi connectivity index (χ1v) is 8.60. The number of carbonyl (C=O) groups excluding carboxylic acids is 2. The Morgan fingerprint density at radius 2 is 2.19 bits per heavy atom. The van der Waals surface area contributed by atoms with Crippen molar-refractivity contribution in [3.05, 3.63) is 41.0 Å². The summed E-state index contributed by atoms with van der Waals surface area (Å²) in [4.78, 5) is 30.6. The second kappa shape index (κ2) is 7.84. The van der Waals surface area contributed by atoms with Crippen LogP contribution in [0.4, 0.5) is 5.69 Å². The number of nitrogens with zero attached hydrogens (tertiary/aromatic N) is 3. The normalized spacial score (nSPS) is 17.4. The van der Waals surface area contributed by atoms with Gasteiger partial charge in [0, 0.05) is 18.2 Å². The number of nitrogens with one attached hydrogen (secondary N) is 1. The average Bonchev–Trinajstić information content (AvgIpc) is 3.17. The van der Waals surface area contributed by atoms with Gasteiger partial charge in [-0.1, -0.05) is 30.6 Å². The summed E-state index contributed by atoms with van der Waals surface area (Å²) in [5, 5.41) is 6.89. The van der Waals surface area contributed by atoms with Crippen LogP contribution >= 0.6 is 11.6 Å². The van der Waals surface area contributed by atoms with Crippen LogP contribution in [-0.2, 0) is 9.53 Å². The summed E-state index contributed by atoms with van der Waals surface area (Å²) < 4.78 is 10.2. The molecule has 1 aliphatic rings. The van der Waals surface area contributed by atoms with Crippen molar-refractivity contribution in [2.24, 2.45) is 5.92 Å². The molecule has 0 saturated carbocycles. The zero-order chi connectivity index (χ0) is 18.7. The number of benzene rings is 1. The number of ether oxygens (including phenoxy) is 1. The van der Waals surface area contributed by atoms with Crippen LogP contribution in [0.15, 0.2) is 29.1 Å². The van der Waals surface area contributed by atoms with E-state index < -0.39 is 6.04 Å². The van der Waals surface area contributed by atoms with Crippen LogP contribution in [-0.4, -0.2) is 46.6 Å². The van der Waals surface area contributed by atoms with Crippen LogP contribution in [0.2, 0.25) is 5.02 Å². The van der Waals surface area contributed by atoms with Crippen molar-refractivity contribution in [1.29, 1.82) is 0 Å². The molecule has 2 heterocycles. The zero-order valence-corrected chi connectivity index (χ0v) is 15.2. The Balaban J connectivity index is 1.87. The van der Waals surface area contributed by atoms with Gasteiger partial charge in [0.1, 0.15) is 6.04 Å². The van der Waals surface area contributed by atoms with Crippen LogP contribution in [0.1, 0.15) is 36.1 Å². The molecule has 1 saturated heterocycles. The van der Waals surface area contributed by atoms with Crippen molar-refractivity contribution in [3.8, 4) is 0 Å². The molecule has 1 aromatic heterocycles. The maximum Gasteiger partial charge on any atom is 0.256 e. The van der Waals surface area contributed by atoms with Gasteiger partial charge in [0.2, 0.25) is 12.3 Å². The van der Waals surface area contributed by atoms with Gasteiger partial charge in [-0.2, -0.15) is 4.98 Å². The lowest BCUT2D eigenvalue weighted by atomic mass is 10.1. The Kier molecular flexibility index (Phi) is 5.53. The maximum absolute atomic E-state index is 13.1. The molecule has 0 spiro atoms. The Morgan fingerprint density at radius 1 is 1.38 bits per heavy atom. The molecule has 0 unspecified atom stereocenters. The van der Waals surface area contributed by atoms with Gasteiger partial charge in [0.15, 0.2) is 5.82 Å². The van der Waals surface area contributed by atoms with Crippen LogP contribution in [0.25, 0.3) is 0 Å². The van der Waals surface area contributed by atoms with Gasteiger partial charge in [0.05, 0.1) is 23.8 Å². The molecule has 0 radical (unpaired) electrons. The minimum absolute atomic E-state index is 0.137. The van der Waals surface area contributed by atoms with Gasteiger partial charge >= 0.3 is 0 Å². The third-order valence-electron chi connectivity index (χ3n) is 4.05. The molecule has 0 aliphatic carbocycles. The Bertz CT molecular complexity index is 794. The lowest BCUT2D eigenvalue weighted by molar-refractivity contribution is -0.118. The molecule has 8 nitrogen and oxygen atoms in total. The summed E-state index contributed by atoms with van der Waals surface area (Å²) in [5.74, 6) is -0.222. The molecule has 1 N–H and O–H groups in total. The summed E-state index contributed by atoms with van der Waals surface area (Å²) in [6.45, 7) is 4.63. The number of anilines is 1. The molecule has 2 aromatic rings. The van der Waals surface area contributed by atoms with E-state index in [-0.39, 0.29) is 24.3 Å². The second-order valence-corrected chi connectivity index (χ2v) is 6.62. The minimum Gasteiger partial charge on any atom is -0.377 e. The molecular formula is C17H19ClN4O4.